The number of ether oxygens (including phenoxy) is 1. The van der Waals surface area contributed by atoms with Gasteiger partial charge < -0.3 is 14.5 Å². The molecule has 2 aliphatic rings. The predicted molar refractivity (Wildman–Crippen MR) is 480 cm³/mol. The molecule has 2 fully saturated rings. The van der Waals surface area contributed by atoms with Gasteiger partial charge in [-0.1, -0.05) is 264 Å². The molecule has 0 spiro atoms. The van der Waals surface area contributed by atoms with E-state index in [-0.39, 0.29) is 49.4 Å². The van der Waals surface area contributed by atoms with Crippen molar-refractivity contribution in [2.45, 2.75) is 269 Å². The lowest BCUT2D eigenvalue weighted by Crippen LogP contribution is -2.40. The number of aryl methyl sites for hydroxylation is 5. The van der Waals surface area contributed by atoms with Crippen molar-refractivity contribution in [3.8, 4) is 50.8 Å². The van der Waals surface area contributed by atoms with Crippen LogP contribution in [0.5, 0.6) is 6.01 Å². The lowest BCUT2D eigenvalue weighted by molar-refractivity contribution is -0.0482. The first kappa shape index (κ1) is 95.9. The second-order valence-electron chi connectivity index (χ2n) is 38.9. The zero-order valence-electron chi connectivity index (χ0n) is 75.7. The van der Waals surface area contributed by atoms with Gasteiger partial charge in [0.2, 0.25) is 5.92 Å². The van der Waals surface area contributed by atoms with Crippen molar-refractivity contribution in [2.24, 2.45) is 5.92 Å². The summed E-state index contributed by atoms with van der Waals surface area (Å²) in [6.07, 6.45) is 9.41. The molecule has 2 saturated heterocycles. The molecule has 10 aromatic rings. The first-order valence-corrected chi connectivity index (χ1v) is 41.4. The SMILES string of the molecule is CC(C)(C)c1cccc(-c2ccc(C(C)(F)F)cc2)c1.COc1ncc(-c2ccc(C(C)(C)C)cc2)cn1.Cc1cc(-c2ccc(C(C)(F)F)cc2)cc(C)c1C(C)(C)C.Cc1cc(N2CCC(C(C)(F)F)CC2)ccc1C(C)(C)C.Cc1cc(N2CCC(C)(F)CC2)cc(F)c1C(C)(C)C.Cc1cnc(-c2ccc(C(C)(C)C)cc2)nc1. The summed E-state index contributed by atoms with van der Waals surface area (Å²) in [5.74, 6) is -7.95. The van der Waals surface area contributed by atoms with Crippen molar-refractivity contribution in [3.05, 3.63) is 267 Å². The fraction of sp³-hybridized carbons (Fsp3) is 0.456. The van der Waals surface area contributed by atoms with Crippen molar-refractivity contribution in [1.82, 2.24) is 19.9 Å². The summed E-state index contributed by atoms with van der Waals surface area (Å²) < 4.78 is 113. The number of alkyl halides is 7. The fourth-order valence-corrected chi connectivity index (χ4v) is 15.2. The van der Waals surface area contributed by atoms with E-state index < -0.39 is 29.4 Å². The van der Waals surface area contributed by atoms with Crippen LogP contribution in [0.1, 0.15) is 250 Å². The van der Waals surface area contributed by atoms with Crippen molar-refractivity contribution < 1.29 is 39.9 Å². The molecule has 2 aliphatic heterocycles. The Morgan fingerprint density at radius 3 is 1.15 bits per heavy atom. The predicted octanol–water partition coefficient (Wildman–Crippen LogP) is 29.3. The molecule has 8 aromatic carbocycles. The number of benzene rings is 8. The van der Waals surface area contributed by atoms with Crippen LogP contribution in [-0.4, -0.2) is 64.8 Å². The van der Waals surface area contributed by atoms with Crippen LogP contribution in [0.4, 0.5) is 46.5 Å². The molecule has 0 unspecified atom stereocenters. The number of hydrogen-bond donors (Lipinski definition) is 0. The maximum absolute atomic E-state index is 14.4. The lowest BCUT2D eigenvalue weighted by atomic mass is 9.80. The number of rotatable bonds is 10. The highest BCUT2D eigenvalue weighted by atomic mass is 19.3. The Morgan fingerprint density at radius 1 is 0.364 bits per heavy atom. The summed E-state index contributed by atoms with van der Waals surface area (Å²) in [7, 11) is 1.56. The van der Waals surface area contributed by atoms with Crippen LogP contribution in [-0.2, 0) is 44.3 Å². The highest BCUT2D eigenvalue weighted by molar-refractivity contribution is 5.68. The van der Waals surface area contributed by atoms with E-state index >= 15 is 0 Å². The van der Waals surface area contributed by atoms with E-state index in [0.717, 1.165) is 101 Å². The highest BCUT2D eigenvalue weighted by Gasteiger charge is 2.37. The summed E-state index contributed by atoms with van der Waals surface area (Å²) >= 11 is 0. The van der Waals surface area contributed by atoms with Crippen LogP contribution in [0.3, 0.4) is 0 Å². The molecule has 12 rings (SSSR count). The quantitative estimate of drug-likeness (QED) is 0.126. The average Bonchev–Trinajstić information content (AvgIpc) is 0.802. The molecule has 0 saturated carbocycles. The summed E-state index contributed by atoms with van der Waals surface area (Å²) in [4.78, 5) is 21.2. The van der Waals surface area contributed by atoms with Gasteiger partial charge >= 0.3 is 6.01 Å². The maximum atomic E-state index is 14.4. The van der Waals surface area contributed by atoms with Gasteiger partial charge in [-0.15, -0.1) is 0 Å². The molecule has 7 nitrogen and oxygen atoms in total. The average molecular weight is 1620 g/mol. The minimum atomic E-state index is -2.79. The molecular weight excluding hydrogens is 1490 g/mol. The fourth-order valence-electron chi connectivity index (χ4n) is 15.2. The topological polar surface area (TPSA) is 67.3 Å². The van der Waals surface area contributed by atoms with E-state index in [1.165, 1.54) is 74.5 Å². The van der Waals surface area contributed by atoms with E-state index in [0.29, 0.717) is 44.8 Å². The third-order valence-corrected chi connectivity index (χ3v) is 21.9. The second kappa shape index (κ2) is 38.4. The van der Waals surface area contributed by atoms with E-state index in [2.05, 4.69) is 245 Å². The van der Waals surface area contributed by atoms with Crippen molar-refractivity contribution in [3.63, 3.8) is 0 Å². The van der Waals surface area contributed by atoms with Gasteiger partial charge in [-0.05, 0) is 220 Å². The number of anilines is 2. The highest BCUT2D eigenvalue weighted by Crippen LogP contribution is 2.41. The zero-order chi connectivity index (χ0) is 88.3. The molecule has 0 aliphatic carbocycles. The lowest BCUT2D eigenvalue weighted by Gasteiger charge is -2.36. The monoisotopic (exact) mass is 1620 g/mol. The Morgan fingerprint density at radius 2 is 0.763 bits per heavy atom. The molecule has 0 N–H and O–H groups in total. The molecule has 4 heterocycles. The summed E-state index contributed by atoms with van der Waals surface area (Å²) in [6, 6.07) is 53.2. The van der Waals surface area contributed by atoms with Crippen molar-refractivity contribution in [1.29, 1.82) is 0 Å². The number of aromatic nitrogens is 4. The first-order chi connectivity index (χ1) is 54.3. The number of piperidine rings is 2. The van der Waals surface area contributed by atoms with E-state index in [1.54, 1.807) is 56.8 Å². The number of hydrogen-bond acceptors (Lipinski definition) is 7. The third-order valence-electron chi connectivity index (χ3n) is 21.9. The Balaban J connectivity index is 0.000000196. The smallest absolute Gasteiger partial charge is 0.316 e. The molecule has 0 atom stereocenters. The standard InChI is InChI=1S/C20H24F2.C18H27F2N.C18H20F2.C17H25F2N.C15H18N2O.C15H18N2/c1-13-11-16(12-14(2)18(13)19(3,4)5)15-7-9-17(10-8-15)20(6,21)22;1-13-12-15(6-7-16(13)17(2,3)4)21-10-8-14(9-11-21)18(5,19)20;1-17(2,3)16-7-5-6-14(12-16)13-8-10-15(11-9-13)18(4,19)20;1-12-10-13(11-14(18)15(12)16(2,3)4)20-8-6-17(5,19)7-9-20;1-15(2,3)13-7-5-11(6-8-13)12-9-16-14(18-4)17-10-12;1-11-9-16-14(17-10-11)12-5-7-13(8-6-12)15(2,3)4/h7-12H,1-6H3;6-7,12,14H,8-11H2,1-5H3;5-12H,1-4H3;10-11H,6-9H2,1-5H3;5-10H,1-4H3;5-10H,1-4H3. The van der Waals surface area contributed by atoms with Crippen LogP contribution in [0.15, 0.2) is 189 Å². The van der Waals surface area contributed by atoms with E-state index in [1.807, 2.05) is 65.2 Å². The van der Waals surface area contributed by atoms with Gasteiger partial charge in [-0.25, -0.2) is 55.1 Å². The van der Waals surface area contributed by atoms with Gasteiger partial charge in [0.15, 0.2) is 5.82 Å². The minimum absolute atomic E-state index is 0.0493. The second-order valence-corrected chi connectivity index (χ2v) is 38.9. The Labute approximate surface area is 702 Å². The number of methoxy groups -OCH3 is 1. The summed E-state index contributed by atoms with van der Waals surface area (Å²) in [5, 5.41) is 0. The maximum Gasteiger partial charge on any atom is 0.316 e. The normalized spacial score (nSPS) is 14.3. The molecule has 0 amide bonds. The molecule has 0 bridgehead atoms. The molecule has 2 aromatic heterocycles. The first-order valence-electron chi connectivity index (χ1n) is 41.4. The van der Waals surface area contributed by atoms with Crippen LogP contribution < -0.4 is 14.5 Å². The summed E-state index contributed by atoms with van der Waals surface area (Å²) in [6.45, 7) is 56.7. The Bertz CT molecular complexity index is 4800. The molecule has 0 radical (unpaired) electrons. The van der Waals surface area contributed by atoms with Gasteiger partial charge in [-0.2, -0.15) is 0 Å². The molecule has 118 heavy (non-hydrogen) atoms. The Kier molecular flexibility index (Phi) is 31.2. The molecule has 15 heteroatoms. The van der Waals surface area contributed by atoms with Crippen LogP contribution in [0.25, 0.3) is 44.8 Å². The largest absolute Gasteiger partial charge is 0.467 e. The molecular formula is C103H132F8N6O. The number of nitrogens with zero attached hydrogens (tertiary/aromatic N) is 6. The van der Waals surface area contributed by atoms with Gasteiger partial charge in [0.25, 0.3) is 11.8 Å². The van der Waals surface area contributed by atoms with E-state index in [9.17, 15) is 35.1 Å². The van der Waals surface area contributed by atoms with Gasteiger partial charge in [-0.3, -0.25) is 0 Å². The van der Waals surface area contributed by atoms with Gasteiger partial charge in [0, 0.05) is 104 Å². The van der Waals surface area contributed by atoms with Gasteiger partial charge in [0.1, 0.15) is 11.5 Å². The minimum Gasteiger partial charge on any atom is -0.467 e. The van der Waals surface area contributed by atoms with Crippen molar-refractivity contribution >= 4 is 11.4 Å². The van der Waals surface area contributed by atoms with Crippen LogP contribution >= 0.6 is 0 Å². The van der Waals surface area contributed by atoms with Crippen LogP contribution in [0.2, 0.25) is 0 Å². The third kappa shape index (κ3) is 27.7. The Hall–Kier alpha value is -9.24. The van der Waals surface area contributed by atoms with E-state index in [4.69, 9.17) is 4.74 Å². The molecule has 636 valence electrons. The summed E-state index contributed by atoms with van der Waals surface area (Å²) in [5.41, 5.74) is 22.0. The zero-order valence-corrected chi connectivity index (χ0v) is 75.7. The number of halogens is 8. The van der Waals surface area contributed by atoms with Crippen LogP contribution in [0, 0.1) is 46.4 Å². The van der Waals surface area contributed by atoms with Crippen molar-refractivity contribution in [2.75, 3.05) is 43.1 Å². The van der Waals surface area contributed by atoms with Gasteiger partial charge in [0.05, 0.1) is 7.11 Å².